The van der Waals surface area contributed by atoms with Gasteiger partial charge in [0.2, 0.25) is 17.7 Å². The number of aryl methyl sites for hydroxylation is 2. The summed E-state index contributed by atoms with van der Waals surface area (Å²) in [7, 11) is -2.09. The van der Waals surface area contributed by atoms with Crippen molar-refractivity contribution in [3.63, 3.8) is 0 Å². The molecule has 2 aromatic carbocycles. The van der Waals surface area contributed by atoms with Crippen LogP contribution in [0.15, 0.2) is 53.4 Å². The molecule has 0 unspecified atom stereocenters. The standard InChI is InChI=1S/C35H44N6O5S.ClH/c1-22(2)16-28-21-46-31-20-30(32-23(3)8-6-9-24(32)4)36-35(37-31)38-47(44,45)29-11-7-10-25(19-29)34(43)41(28)27-17-26(18-27)33(42)40-14-12-39(5)13-15-40;/h6-11,19-20,22,26-28H,12-18,21H2,1-5H3,(H,36,37,38);1H/t26?,27?,28-;/m1./s1. The van der Waals surface area contributed by atoms with E-state index in [-0.39, 0.29) is 77.0 Å². The van der Waals surface area contributed by atoms with Crippen molar-refractivity contribution in [1.29, 1.82) is 0 Å². The fourth-order valence-corrected chi connectivity index (χ4v) is 7.92. The van der Waals surface area contributed by atoms with Gasteiger partial charge in [0.15, 0.2) is 0 Å². The summed E-state index contributed by atoms with van der Waals surface area (Å²) in [4.78, 5) is 42.8. The van der Waals surface area contributed by atoms with Crippen molar-refractivity contribution in [2.45, 2.75) is 63.9 Å². The summed E-state index contributed by atoms with van der Waals surface area (Å²) in [6, 6.07) is 13.2. The van der Waals surface area contributed by atoms with Crippen LogP contribution in [0.5, 0.6) is 5.88 Å². The average molecular weight is 697 g/mol. The van der Waals surface area contributed by atoms with Crippen LogP contribution in [-0.4, -0.2) is 96.8 Å². The average Bonchev–Trinajstić information content (AvgIpc) is 3.00. The van der Waals surface area contributed by atoms with Gasteiger partial charge in [-0.05, 0) is 75.4 Å². The Hall–Kier alpha value is -3.74. The number of fused-ring (bicyclic) bond motifs is 4. The number of hydrogen-bond donors (Lipinski definition) is 1. The summed E-state index contributed by atoms with van der Waals surface area (Å²) in [5, 5.41) is 0. The zero-order valence-corrected chi connectivity index (χ0v) is 29.8. The van der Waals surface area contributed by atoms with Crippen LogP contribution in [0, 0.1) is 25.7 Å². The molecule has 258 valence electrons. The van der Waals surface area contributed by atoms with Crippen LogP contribution in [-0.2, 0) is 14.8 Å². The SMILES string of the molecule is Cc1cccc(C)c1-c1cc2nc(n1)NS(=O)(=O)c1cccc(c1)C(=O)N(C1CC(C(=O)N3CCN(C)CC3)C1)[C@H](CC(C)C)CO2.Cl. The number of anilines is 1. The fourth-order valence-electron chi connectivity index (χ4n) is 6.93. The third kappa shape index (κ3) is 7.45. The van der Waals surface area contributed by atoms with Crippen LogP contribution in [0.2, 0.25) is 0 Å². The first-order chi connectivity index (χ1) is 22.4. The summed E-state index contributed by atoms with van der Waals surface area (Å²) >= 11 is 0. The smallest absolute Gasteiger partial charge is 0.264 e. The van der Waals surface area contributed by atoms with E-state index in [1.54, 1.807) is 18.2 Å². The largest absolute Gasteiger partial charge is 0.475 e. The topological polar surface area (TPSA) is 125 Å². The van der Waals surface area contributed by atoms with Gasteiger partial charge in [-0.15, -0.1) is 12.4 Å². The number of hydrogen-bond acceptors (Lipinski definition) is 8. The molecule has 1 aromatic heterocycles. The van der Waals surface area contributed by atoms with Crippen LogP contribution in [0.4, 0.5) is 5.95 Å². The van der Waals surface area contributed by atoms with Crippen molar-refractivity contribution in [3.05, 3.63) is 65.2 Å². The Balaban J connectivity index is 0.00000451. The lowest BCUT2D eigenvalue weighted by Crippen LogP contribution is -2.58. The Morgan fingerprint density at radius 3 is 2.33 bits per heavy atom. The lowest BCUT2D eigenvalue weighted by Gasteiger charge is -2.47. The first-order valence-corrected chi connectivity index (χ1v) is 17.9. The number of carbonyl (C=O) groups excluding carboxylic acids is 2. The van der Waals surface area contributed by atoms with E-state index < -0.39 is 10.0 Å². The maximum atomic E-state index is 14.4. The molecule has 3 aliphatic rings. The van der Waals surface area contributed by atoms with E-state index in [2.05, 4.69) is 40.5 Å². The second kappa shape index (κ2) is 14.4. The van der Waals surface area contributed by atoms with Crippen molar-refractivity contribution in [2.75, 3.05) is 44.6 Å². The number of rotatable bonds is 5. The van der Waals surface area contributed by atoms with Gasteiger partial charge in [-0.1, -0.05) is 38.1 Å². The van der Waals surface area contributed by atoms with E-state index >= 15 is 0 Å². The van der Waals surface area contributed by atoms with Crippen LogP contribution in [0.3, 0.4) is 0 Å². The van der Waals surface area contributed by atoms with Gasteiger partial charge in [-0.3, -0.25) is 9.59 Å². The first-order valence-electron chi connectivity index (χ1n) is 16.4. The Morgan fingerprint density at radius 2 is 1.67 bits per heavy atom. The second-order valence-corrected chi connectivity index (χ2v) is 15.3. The highest BCUT2D eigenvalue weighted by molar-refractivity contribution is 7.92. The number of likely N-dealkylation sites (N-methyl/N-ethyl adjacent to an activating group) is 1. The van der Waals surface area contributed by atoms with E-state index in [0.717, 1.165) is 29.8 Å². The first kappa shape index (κ1) is 35.6. The zero-order chi connectivity index (χ0) is 33.5. The van der Waals surface area contributed by atoms with E-state index in [1.807, 2.05) is 41.8 Å². The van der Waals surface area contributed by atoms with Crippen molar-refractivity contribution < 1.29 is 22.7 Å². The molecular formula is C35H45ClN6O5S. The molecule has 1 atom stereocenters. The van der Waals surface area contributed by atoms with Gasteiger partial charge < -0.3 is 19.4 Å². The number of carbonyl (C=O) groups is 2. The third-order valence-electron chi connectivity index (χ3n) is 9.52. The van der Waals surface area contributed by atoms with Crippen LogP contribution in [0.1, 0.15) is 54.6 Å². The number of amides is 2. The number of ether oxygens (including phenoxy) is 1. The monoisotopic (exact) mass is 696 g/mol. The Morgan fingerprint density at radius 1 is 1.00 bits per heavy atom. The molecule has 13 heteroatoms. The molecule has 0 radical (unpaired) electrons. The van der Waals surface area contributed by atoms with Crippen molar-refractivity contribution >= 4 is 40.2 Å². The molecule has 1 aliphatic carbocycles. The number of nitrogens with one attached hydrogen (secondary N) is 1. The summed E-state index contributed by atoms with van der Waals surface area (Å²) in [5.41, 5.74) is 3.62. The van der Waals surface area contributed by atoms with Gasteiger partial charge in [-0.25, -0.2) is 18.1 Å². The van der Waals surface area contributed by atoms with Gasteiger partial charge >= 0.3 is 0 Å². The summed E-state index contributed by atoms with van der Waals surface area (Å²) < 4.78 is 36.2. The molecule has 3 heterocycles. The van der Waals surface area contributed by atoms with Crippen LogP contribution >= 0.6 is 12.4 Å². The minimum Gasteiger partial charge on any atom is -0.475 e. The summed E-state index contributed by atoms with van der Waals surface area (Å²) in [5.74, 6) is 0.0477. The van der Waals surface area contributed by atoms with Gasteiger partial charge in [0.25, 0.3) is 15.9 Å². The minimum atomic E-state index is -4.15. The van der Waals surface area contributed by atoms with Gasteiger partial charge in [0, 0.05) is 55.3 Å². The summed E-state index contributed by atoms with van der Waals surface area (Å²) in [6.45, 7) is 11.4. The molecule has 1 N–H and O–H groups in total. The molecule has 1 saturated carbocycles. The molecule has 11 nitrogen and oxygen atoms in total. The van der Waals surface area contributed by atoms with Crippen molar-refractivity contribution in [3.8, 4) is 17.1 Å². The van der Waals surface area contributed by atoms with Gasteiger partial charge in [-0.2, -0.15) is 4.98 Å². The zero-order valence-electron chi connectivity index (χ0n) is 28.2. The Kier molecular flexibility index (Phi) is 10.7. The van der Waals surface area contributed by atoms with Crippen molar-refractivity contribution in [2.24, 2.45) is 11.8 Å². The van der Waals surface area contributed by atoms with E-state index in [1.165, 1.54) is 12.1 Å². The molecular weight excluding hydrogens is 652 g/mol. The van der Waals surface area contributed by atoms with E-state index in [9.17, 15) is 18.0 Å². The maximum Gasteiger partial charge on any atom is 0.264 e. The lowest BCUT2D eigenvalue weighted by atomic mass is 9.77. The predicted molar refractivity (Wildman–Crippen MR) is 187 cm³/mol. The number of piperazine rings is 1. The van der Waals surface area contributed by atoms with Crippen LogP contribution < -0.4 is 9.46 Å². The normalized spacial score (nSPS) is 22.6. The number of sulfonamides is 1. The molecule has 2 amide bonds. The fraction of sp³-hybridized carbons (Fsp3) is 0.486. The highest BCUT2D eigenvalue weighted by atomic mass is 35.5. The van der Waals surface area contributed by atoms with Crippen LogP contribution in [0.25, 0.3) is 11.3 Å². The van der Waals surface area contributed by atoms with E-state index in [4.69, 9.17) is 4.74 Å². The van der Waals surface area contributed by atoms with Crippen molar-refractivity contribution in [1.82, 2.24) is 24.7 Å². The van der Waals surface area contributed by atoms with Gasteiger partial charge in [0.1, 0.15) is 6.61 Å². The molecule has 4 bridgehead atoms. The highest BCUT2D eigenvalue weighted by Gasteiger charge is 2.44. The molecule has 1 saturated heterocycles. The lowest BCUT2D eigenvalue weighted by molar-refractivity contribution is -0.142. The highest BCUT2D eigenvalue weighted by Crippen LogP contribution is 2.37. The Labute approximate surface area is 289 Å². The Bertz CT molecular complexity index is 1750. The number of benzene rings is 2. The molecule has 2 fully saturated rings. The molecule has 0 spiro atoms. The molecule has 6 rings (SSSR count). The number of halogens is 1. The second-order valence-electron chi connectivity index (χ2n) is 13.6. The minimum absolute atomic E-state index is 0. The summed E-state index contributed by atoms with van der Waals surface area (Å²) in [6.07, 6.45) is 1.76. The maximum absolute atomic E-state index is 14.4. The number of nitrogens with zero attached hydrogens (tertiary/aromatic N) is 5. The number of aromatic nitrogens is 2. The third-order valence-corrected chi connectivity index (χ3v) is 10.8. The quantitative estimate of drug-likeness (QED) is 0.404. The molecule has 3 aromatic rings. The van der Waals surface area contributed by atoms with E-state index in [0.29, 0.717) is 38.0 Å². The predicted octanol–water partition coefficient (Wildman–Crippen LogP) is 4.78. The molecule has 48 heavy (non-hydrogen) atoms. The molecule has 2 aliphatic heterocycles. The van der Waals surface area contributed by atoms with Gasteiger partial charge in [0.05, 0.1) is 16.6 Å².